The second kappa shape index (κ2) is 13.3. The van der Waals surface area contributed by atoms with Gasteiger partial charge < -0.3 is 19.7 Å². The number of nitrogens with one attached hydrogen (secondary N) is 1. The lowest BCUT2D eigenvalue weighted by molar-refractivity contribution is -0.138. The predicted octanol–water partition coefficient (Wildman–Crippen LogP) is 7.91. The van der Waals surface area contributed by atoms with Gasteiger partial charge in [-0.05, 0) is 65.4 Å². The van der Waals surface area contributed by atoms with Crippen LogP contribution in [-0.2, 0) is 23.8 Å². The van der Waals surface area contributed by atoms with E-state index in [0.29, 0.717) is 19.6 Å². The van der Waals surface area contributed by atoms with Crippen molar-refractivity contribution >= 4 is 23.4 Å². The van der Waals surface area contributed by atoms with Gasteiger partial charge in [-0.1, -0.05) is 77.1 Å². The third-order valence-corrected chi connectivity index (χ3v) is 8.08. The zero-order valence-corrected chi connectivity index (χ0v) is 25.6. The minimum absolute atomic E-state index is 0.101. The first-order valence-corrected chi connectivity index (χ1v) is 14.9. The van der Waals surface area contributed by atoms with Gasteiger partial charge >= 0.3 is 5.97 Å². The lowest BCUT2D eigenvalue weighted by Gasteiger charge is -2.19. The molecular formula is C33H40N4O3S. The summed E-state index contributed by atoms with van der Waals surface area (Å²) in [5.74, 6) is 0.382. The minimum Gasteiger partial charge on any atom is -0.493 e. The highest BCUT2D eigenvalue weighted by molar-refractivity contribution is 7.99. The Morgan fingerprint density at radius 1 is 1.02 bits per heavy atom. The van der Waals surface area contributed by atoms with Crippen LogP contribution >= 0.6 is 11.8 Å². The Morgan fingerprint density at radius 2 is 1.73 bits per heavy atom. The maximum atomic E-state index is 11.5. The smallest absolute Gasteiger partial charge is 0.310 e. The Bertz CT molecular complexity index is 1460. The quantitative estimate of drug-likeness (QED) is 0.178. The summed E-state index contributed by atoms with van der Waals surface area (Å²) in [6.45, 7) is 11.8. The van der Waals surface area contributed by atoms with E-state index in [0.717, 1.165) is 50.4 Å². The second-order valence-corrected chi connectivity index (χ2v) is 12.2. The molecule has 0 bridgehead atoms. The highest BCUT2D eigenvalue weighted by atomic mass is 32.2. The van der Waals surface area contributed by atoms with E-state index in [1.165, 1.54) is 5.56 Å². The van der Waals surface area contributed by atoms with Crippen LogP contribution in [0.1, 0.15) is 70.1 Å². The van der Waals surface area contributed by atoms with Crippen molar-refractivity contribution in [3.63, 3.8) is 0 Å². The molecule has 3 aromatic carbocycles. The van der Waals surface area contributed by atoms with E-state index in [9.17, 15) is 9.90 Å². The maximum absolute atomic E-state index is 11.5. The standard InChI is InChI=1S/C33H40N4O3S/c1-7-19-40-29-20-27(18-13-24(29)21-34-26-16-11-22(12-17-26)28(8-2)31(38)39)41-32-36-35-30(37(32)6)23-9-14-25(15-10-23)33(3,4)5/h9-18,20,28,34H,7-8,19,21H2,1-6H3,(H,38,39). The van der Waals surface area contributed by atoms with Crippen LogP contribution in [0, 0.1) is 0 Å². The van der Waals surface area contributed by atoms with E-state index in [1.54, 1.807) is 11.8 Å². The van der Waals surface area contributed by atoms with Crippen LogP contribution in [0.2, 0.25) is 0 Å². The molecule has 0 spiro atoms. The largest absolute Gasteiger partial charge is 0.493 e. The molecule has 2 N–H and O–H groups in total. The molecule has 0 aliphatic heterocycles. The molecule has 41 heavy (non-hydrogen) atoms. The average molecular weight is 573 g/mol. The number of ether oxygens (including phenoxy) is 1. The third kappa shape index (κ3) is 7.50. The van der Waals surface area contributed by atoms with Crippen molar-refractivity contribution in [2.75, 3.05) is 11.9 Å². The van der Waals surface area contributed by atoms with Gasteiger partial charge in [0.1, 0.15) is 5.75 Å². The summed E-state index contributed by atoms with van der Waals surface area (Å²) in [6.07, 6.45) is 1.47. The molecule has 1 unspecified atom stereocenters. The number of carboxylic acids is 1. The van der Waals surface area contributed by atoms with Crippen molar-refractivity contribution in [3.05, 3.63) is 83.4 Å². The molecule has 0 aliphatic carbocycles. The molecule has 0 saturated heterocycles. The van der Waals surface area contributed by atoms with Crippen molar-refractivity contribution in [2.45, 2.75) is 75.4 Å². The number of aliphatic carboxylic acids is 1. The van der Waals surface area contributed by atoms with Crippen LogP contribution in [0.4, 0.5) is 5.69 Å². The Morgan fingerprint density at radius 3 is 2.34 bits per heavy atom. The van der Waals surface area contributed by atoms with Gasteiger partial charge in [-0.25, -0.2) is 0 Å². The summed E-state index contributed by atoms with van der Waals surface area (Å²) in [6, 6.07) is 22.4. The fourth-order valence-electron chi connectivity index (χ4n) is 4.55. The van der Waals surface area contributed by atoms with Crippen LogP contribution < -0.4 is 10.1 Å². The molecule has 8 heteroatoms. The topological polar surface area (TPSA) is 89.3 Å². The first-order valence-electron chi connectivity index (χ1n) is 14.1. The molecule has 1 atom stereocenters. The molecule has 0 fully saturated rings. The van der Waals surface area contributed by atoms with Crippen molar-refractivity contribution in [2.24, 2.45) is 7.05 Å². The van der Waals surface area contributed by atoms with Gasteiger partial charge in [-0.2, -0.15) is 0 Å². The molecule has 0 radical (unpaired) electrons. The monoisotopic (exact) mass is 572 g/mol. The number of benzene rings is 3. The number of anilines is 1. The zero-order chi connectivity index (χ0) is 29.6. The molecule has 0 saturated carbocycles. The summed E-state index contributed by atoms with van der Waals surface area (Å²) in [4.78, 5) is 12.5. The number of hydrogen-bond acceptors (Lipinski definition) is 6. The SMILES string of the molecule is CCCOc1cc(Sc2nnc(-c3ccc(C(C)(C)C)cc3)n2C)ccc1CNc1ccc(C(CC)C(=O)O)cc1. The minimum atomic E-state index is -0.795. The van der Waals surface area contributed by atoms with Gasteiger partial charge in [0, 0.05) is 35.3 Å². The van der Waals surface area contributed by atoms with E-state index in [1.807, 2.05) is 42.8 Å². The Balaban J connectivity index is 1.48. The number of carboxylic acid groups (broad SMARTS) is 1. The fraction of sp³-hybridized carbons (Fsp3) is 0.364. The Labute approximate surface area is 247 Å². The van der Waals surface area contributed by atoms with Gasteiger partial charge in [0.2, 0.25) is 0 Å². The molecule has 0 amide bonds. The van der Waals surface area contributed by atoms with E-state index >= 15 is 0 Å². The van der Waals surface area contributed by atoms with E-state index in [-0.39, 0.29) is 5.41 Å². The van der Waals surface area contributed by atoms with Crippen LogP contribution in [0.15, 0.2) is 76.8 Å². The summed E-state index contributed by atoms with van der Waals surface area (Å²) >= 11 is 1.56. The number of rotatable bonds is 12. The first kappa shape index (κ1) is 30.2. The summed E-state index contributed by atoms with van der Waals surface area (Å²) in [5.41, 5.74) is 5.20. The number of hydrogen-bond donors (Lipinski definition) is 2. The summed E-state index contributed by atoms with van der Waals surface area (Å²) < 4.78 is 8.15. The van der Waals surface area contributed by atoms with Crippen molar-refractivity contribution in [3.8, 4) is 17.1 Å². The molecule has 7 nitrogen and oxygen atoms in total. The van der Waals surface area contributed by atoms with Gasteiger partial charge in [0.25, 0.3) is 0 Å². The van der Waals surface area contributed by atoms with E-state index < -0.39 is 11.9 Å². The third-order valence-electron chi connectivity index (χ3n) is 7.06. The van der Waals surface area contributed by atoms with Crippen molar-refractivity contribution < 1.29 is 14.6 Å². The highest BCUT2D eigenvalue weighted by Gasteiger charge is 2.18. The number of aromatic nitrogens is 3. The predicted molar refractivity (Wildman–Crippen MR) is 166 cm³/mol. The van der Waals surface area contributed by atoms with Gasteiger partial charge in [-0.15, -0.1) is 10.2 Å². The highest BCUT2D eigenvalue weighted by Crippen LogP contribution is 2.34. The maximum Gasteiger partial charge on any atom is 0.310 e. The van der Waals surface area contributed by atoms with E-state index in [4.69, 9.17) is 4.74 Å². The average Bonchev–Trinajstić information content (AvgIpc) is 3.31. The lowest BCUT2D eigenvalue weighted by Crippen LogP contribution is -2.10. The zero-order valence-electron chi connectivity index (χ0n) is 24.8. The first-order chi connectivity index (χ1) is 19.6. The molecule has 1 aromatic heterocycles. The Hall–Kier alpha value is -3.78. The number of nitrogens with zero attached hydrogens (tertiary/aromatic N) is 3. The summed E-state index contributed by atoms with van der Waals surface area (Å²) in [5, 5.41) is 22.6. The van der Waals surface area contributed by atoms with Crippen LogP contribution in [-0.4, -0.2) is 32.4 Å². The molecule has 4 aromatic rings. The normalized spacial score (nSPS) is 12.2. The van der Waals surface area contributed by atoms with Crippen molar-refractivity contribution in [1.82, 2.24) is 14.8 Å². The van der Waals surface area contributed by atoms with Gasteiger partial charge in [0.15, 0.2) is 11.0 Å². The molecule has 0 aliphatic rings. The van der Waals surface area contributed by atoms with Crippen LogP contribution in [0.25, 0.3) is 11.4 Å². The van der Waals surface area contributed by atoms with Gasteiger partial charge in [0.05, 0.1) is 12.5 Å². The fourth-order valence-corrected chi connectivity index (χ4v) is 5.37. The van der Waals surface area contributed by atoms with Gasteiger partial charge in [-0.3, -0.25) is 4.79 Å². The number of carbonyl (C=O) groups is 1. The molecule has 216 valence electrons. The van der Waals surface area contributed by atoms with Crippen molar-refractivity contribution in [1.29, 1.82) is 0 Å². The second-order valence-electron chi connectivity index (χ2n) is 11.2. The lowest BCUT2D eigenvalue weighted by atomic mass is 9.87. The van der Waals surface area contributed by atoms with E-state index in [2.05, 4.69) is 85.7 Å². The van der Waals surface area contributed by atoms with Crippen LogP contribution in [0.5, 0.6) is 5.75 Å². The Kier molecular flexibility index (Phi) is 9.76. The molecular weight excluding hydrogens is 532 g/mol. The molecule has 4 rings (SSSR count). The molecule has 1 heterocycles. The summed E-state index contributed by atoms with van der Waals surface area (Å²) in [7, 11) is 1.99. The van der Waals surface area contributed by atoms with Crippen LogP contribution in [0.3, 0.4) is 0 Å².